The third-order valence-electron chi connectivity index (χ3n) is 3.36. The Balaban J connectivity index is 0.00000200. The second-order valence-corrected chi connectivity index (χ2v) is 4.76. The molecule has 0 saturated heterocycles. The van der Waals surface area contributed by atoms with E-state index in [1.54, 1.807) is 0 Å². The molecular weight excluding hydrogens is 363 g/mol. The molecule has 4 heteroatoms. The van der Waals surface area contributed by atoms with Gasteiger partial charge in [-0.15, -0.1) is 0 Å². The summed E-state index contributed by atoms with van der Waals surface area (Å²) in [6.45, 7) is 2.20. The Labute approximate surface area is 137 Å². The lowest BCUT2D eigenvalue weighted by atomic mass is 9.96. The second kappa shape index (κ2) is 7.99. The highest BCUT2D eigenvalue weighted by Gasteiger charge is 2.16. The third kappa shape index (κ3) is 4.03. The Hall–Kier alpha value is -1.43. The molecular formula is C16H19IN2O. The van der Waals surface area contributed by atoms with Crippen molar-refractivity contribution >= 4 is 12.1 Å². The molecule has 20 heavy (non-hydrogen) atoms. The number of hydrogen-bond acceptors (Lipinski definition) is 1. The Morgan fingerprint density at radius 2 is 1.90 bits per heavy atom. The molecule has 2 aromatic rings. The van der Waals surface area contributed by atoms with Crippen molar-refractivity contribution in [3.63, 3.8) is 0 Å². The van der Waals surface area contributed by atoms with E-state index in [4.69, 9.17) is 0 Å². The molecule has 1 aromatic heterocycles. The van der Waals surface area contributed by atoms with Gasteiger partial charge in [-0.2, -0.15) is 0 Å². The summed E-state index contributed by atoms with van der Waals surface area (Å²) in [5.41, 5.74) is 3.33. The second-order valence-electron chi connectivity index (χ2n) is 4.76. The number of amides is 1. The molecule has 0 fully saturated rings. The summed E-state index contributed by atoms with van der Waals surface area (Å²) in [5, 5.41) is 2.76. The van der Waals surface area contributed by atoms with E-state index in [1.807, 2.05) is 24.3 Å². The topological polar surface area (TPSA) is 33.0 Å². The molecule has 1 atom stereocenters. The van der Waals surface area contributed by atoms with Crippen molar-refractivity contribution in [2.75, 3.05) is 5.32 Å². The van der Waals surface area contributed by atoms with E-state index < -0.39 is 0 Å². The summed E-state index contributed by atoms with van der Waals surface area (Å²) < 4.78 is 2.14. The summed E-state index contributed by atoms with van der Waals surface area (Å²) in [6, 6.07) is 14.2. The number of para-hydroxylation sites is 1. The summed E-state index contributed by atoms with van der Waals surface area (Å²) >= 11 is 0. The van der Waals surface area contributed by atoms with Gasteiger partial charge in [0, 0.05) is 23.7 Å². The first kappa shape index (κ1) is 16.6. The first-order chi connectivity index (χ1) is 9.22. The molecule has 0 aliphatic heterocycles. The van der Waals surface area contributed by atoms with Crippen LogP contribution in [0.1, 0.15) is 24.1 Å². The molecule has 1 N–H and O–H groups in total. The van der Waals surface area contributed by atoms with Gasteiger partial charge in [0.25, 0.3) is 0 Å². The van der Waals surface area contributed by atoms with Crippen molar-refractivity contribution in [3.8, 4) is 0 Å². The molecule has 0 radical (unpaired) electrons. The van der Waals surface area contributed by atoms with Crippen LogP contribution in [0.15, 0.2) is 48.7 Å². The molecule has 3 nitrogen and oxygen atoms in total. The fraction of sp³-hybridized carbons (Fsp3) is 0.250. The van der Waals surface area contributed by atoms with Crippen molar-refractivity contribution in [2.24, 2.45) is 7.05 Å². The van der Waals surface area contributed by atoms with Gasteiger partial charge in [0.1, 0.15) is 7.05 Å². The summed E-state index contributed by atoms with van der Waals surface area (Å²) in [5.74, 6) is 0.390. The van der Waals surface area contributed by atoms with E-state index in [9.17, 15) is 4.79 Å². The quantitative estimate of drug-likeness (QED) is 0.420. The fourth-order valence-corrected chi connectivity index (χ4v) is 2.39. The highest BCUT2D eigenvalue weighted by molar-refractivity contribution is 5.73. The van der Waals surface area contributed by atoms with Gasteiger partial charge in [0.15, 0.2) is 11.9 Å². The minimum absolute atomic E-state index is 0. The minimum Gasteiger partial charge on any atom is -1.00 e. The van der Waals surface area contributed by atoms with Gasteiger partial charge >= 0.3 is 0 Å². The van der Waals surface area contributed by atoms with Crippen LogP contribution in [0.5, 0.6) is 0 Å². The predicted octanol–water partition coefficient (Wildman–Crippen LogP) is -0.570. The monoisotopic (exact) mass is 382 g/mol. The molecule has 0 saturated carbocycles. The molecule has 1 heterocycles. The van der Waals surface area contributed by atoms with E-state index in [2.05, 4.69) is 48.3 Å². The smallest absolute Gasteiger partial charge is 0.211 e. The summed E-state index contributed by atoms with van der Waals surface area (Å²) in [7, 11) is 2.06. The number of aromatic nitrogens is 1. The van der Waals surface area contributed by atoms with E-state index in [0.29, 0.717) is 5.92 Å². The molecule has 0 aliphatic rings. The molecule has 1 aromatic carbocycles. The van der Waals surface area contributed by atoms with Crippen LogP contribution < -0.4 is 33.9 Å². The molecule has 106 valence electrons. The Bertz CT molecular complexity index is 572. The number of halogens is 1. The normalized spacial score (nSPS) is 11.3. The van der Waals surface area contributed by atoms with Crippen LogP contribution in [0.25, 0.3) is 0 Å². The van der Waals surface area contributed by atoms with E-state index in [-0.39, 0.29) is 24.0 Å². The molecule has 1 amide bonds. The van der Waals surface area contributed by atoms with E-state index in [1.165, 1.54) is 5.69 Å². The van der Waals surface area contributed by atoms with Crippen LogP contribution in [-0.4, -0.2) is 6.41 Å². The van der Waals surface area contributed by atoms with Crippen molar-refractivity contribution in [3.05, 3.63) is 59.9 Å². The number of aryl methyl sites for hydroxylation is 1. The number of hydrogen-bond donors (Lipinski definition) is 1. The number of benzene rings is 1. The minimum atomic E-state index is 0. The van der Waals surface area contributed by atoms with Gasteiger partial charge in [-0.05, 0) is 18.1 Å². The van der Waals surface area contributed by atoms with Crippen LogP contribution in [-0.2, 0) is 18.3 Å². The maximum Gasteiger partial charge on any atom is 0.211 e. The zero-order valence-corrected chi connectivity index (χ0v) is 13.9. The lowest BCUT2D eigenvalue weighted by molar-refractivity contribution is -0.680. The Kier molecular flexibility index (Phi) is 6.64. The largest absolute Gasteiger partial charge is 1.00 e. The predicted molar refractivity (Wildman–Crippen MR) is 75.9 cm³/mol. The lowest BCUT2D eigenvalue weighted by Gasteiger charge is -2.12. The molecule has 1 unspecified atom stereocenters. The van der Waals surface area contributed by atoms with Crippen LogP contribution in [0.4, 0.5) is 5.69 Å². The van der Waals surface area contributed by atoms with Gasteiger partial charge in [0.2, 0.25) is 6.41 Å². The van der Waals surface area contributed by atoms with Gasteiger partial charge < -0.3 is 29.3 Å². The SMILES string of the molecule is CC(Cc1ccccc1NC=O)c1cccc[n+]1C.[I-]. The fourth-order valence-electron chi connectivity index (χ4n) is 2.39. The molecule has 2 rings (SSSR count). The number of carbonyl (C=O) groups excluding carboxylic acids is 1. The average molecular weight is 382 g/mol. The van der Waals surface area contributed by atoms with E-state index in [0.717, 1.165) is 24.1 Å². The van der Waals surface area contributed by atoms with Crippen molar-refractivity contribution < 1.29 is 33.3 Å². The molecule has 0 spiro atoms. The number of nitrogens with zero attached hydrogens (tertiary/aromatic N) is 1. The maximum atomic E-state index is 10.6. The van der Waals surface area contributed by atoms with Crippen molar-refractivity contribution in [1.82, 2.24) is 0 Å². The number of rotatable bonds is 5. The number of pyridine rings is 1. The van der Waals surface area contributed by atoms with Crippen molar-refractivity contribution in [1.29, 1.82) is 0 Å². The zero-order chi connectivity index (χ0) is 13.7. The number of carbonyl (C=O) groups is 1. The highest BCUT2D eigenvalue weighted by atomic mass is 127. The van der Waals surface area contributed by atoms with Crippen LogP contribution >= 0.6 is 0 Å². The van der Waals surface area contributed by atoms with Crippen LogP contribution in [0, 0.1) is 0 Å². The average Bonchev–Trinajstić information content (AvgIpc) is 2.41. The van der Waals surface area contributed by atoms with Gasteiger partial charge in [-0.1, -0.05) is 31.2 Å². The standard InChI is InChI=1S/C16H18N2O.HI/c1-13(16-9-5-6-10-18(16)2)11-14-7-3-4-8-15(14)17-12-19;/h3-10,12-13H,11H2,1-2H3;1H. The zero-order valence-electron chi connectivity index (χ0n) is 11.7. The van der Waals surface area contributed by atoms with Crippen molar-refractivity contribution in [2.45, 2.75) is 19.3 Å². The third-order valence-corrected chi connectivity index (χ3v) is 3.36. The van der Waals surface area contributed by atoms with Crippen LogP contribution in [0.2, 0.25) is 0 Å². The first-order valence-electron chi connectivity index (χ1n) is 6.45. The molecule has 0 bridgehead atoms. The highest BCUT2D eigenvalue weighted by Crippen LogP contribution is 2.22. The summed E-state index contributed by atoms with van der Waals surface area (Å²) in [4.78, 5) is 10.6. The number of anilines is 1. The van der Waals surface area contributed by atoms with Crippen LogP contribution in [0.3, 0.4) is 0 Å². The first-order valence-corrected chi connectivity index (χ1v) is 6.45. The van der Waals surface area contributed by atoms with E-state index >= 15 is 0 Å². The van der Waals surface area contributed by atoms with Gasteiger partial charge in [0.05, 0.1) is 0 Å². The Morgan fingerprint density at radius 3 is 2.60 bits per heavy atom. The molecule has 0 aliphatic carbocycles. The van der Waals surface area contributed by atoms with Gasteiger partial charge in [-0.25, -0.2) is 4.57 Å². The maximum absolute atomic E-state index is 10.6. The van der Waals surface area contributed by atoms with Gasteiger partial charge in [-0.3, -0.25) is 4.79 Å². The Morgan fingerprint density at radius 1 is 1.20 bits per heavy atom. The number of nitrogens with one attached hydrogen (secondary N) is 1. The summed E-state index contributed by atoms with van der Waals surface area (Å²) in [6.07, 6.45) is 3.68. The lowest BCUT2D eigenvalue weighted by Crippen LogP contribution is -3.00.